The Balaban J connectivity index is 0.955. The summed E-state index contributed by atoms with van der Waals surface area (Å²) >= 11 is 0. The number of aromatic nitrogens is 2. The number of hydrogen-bond acceptors (Lipinski definition) is 0. The zero-order valence-electron chi connectivity index (χ0n) is 45.7. The molecule has 0 saturated carbocycles. The molecule has 0 radical (unpaired) electrons. The van der Waals surface area contributed by atoms with Gasteiger partial charge in [-0.1, -0.05) is 297 Å². The van der Waals surface area contributed by atoms with Gasteiger partial charge in [0.05, 0.1) is 22.1 Å². The maximum atomic E-state index is 2.60. The maximum Gasteiger partial charge on any atom is 0.179 e. The lowest BCUT2D eigenvalue weighted by atomic mass is 10.1. The standard InChI is InChI=1S/C78H56N2Si3/c1-7-29-59(30-8-1)81(60-31-9-2-10-32-60,61-33-11-3-12-34-61)65-41-27-28-57(54-65)79-71-44-21-19-42-67(71)69-52-50-58(55-73(69)79)80-72-45-22-20-43-68(72)70-53-51-66(56-74(70)80)83(64-39-17-6-18-40-64)77-48-25-23-46-75(77)82(62-35-13-4-14-36-62,63-37-15-5-16-38-63)76-47-24-26-49-78(76)83/h1-56H. The number of nitrogens with zero attached hydrogens (tertiary/aromatic N) is 2. The van der Waals surface area contributed by atoms with E-state index in [4.69, 9.17) is 0 Å². The van der Waals surface area contributed by atoms with Gasteiger partial charge in [0.1, 0.15) is 0 Å². The first-order valence-corrected chi connectivity index (χ1v) is 34.9. The van der Waals surface area contributed by atoms with Crippen LogP contribution in [0.15, 0.2) is 340 Å². The molecule has 0 saturated heterocycles. The first kappa shape index (κ1) is 49.0. The monoisotopic (exact) mass is 1100 g/mol. The van der Waals surface area contributed by atoms with Crippen LogP contribution in [0.3, 0.4) is 0 Å². The number of para-hydroxylation sites is 2. The smallest absolute Gasteiger partial charge is 0.179 e. The van der Waals surface area contributed by atoms with Gasteiger partial charge in [-0.15, -0.1) is 0 Å². The van der Waals surface area contributed by atoms with E-state index in [1.807, 2.05) is 0 Å². The number of fused-ring (bicyclic) bond motifs is 8. The van der Waals surface area contributed by atoms with Crippen LogP contribution in [-0.2, 0) is 0 Å². The highest BCUT2D eigenvalue weighted by Crippen LogP contribution is 2.37. The largest absolute Gasteiger partial charge is 0.309 e. The van der Waals surface area contributed by atoms with E-state index < -0.39 is 24.2 Å². The van der Waals surface area contributed by atoms with Crippen LogP contribution in [0.2, 0.25) is 0 Å². The quantitative estimate of drug-likeness (QED) is 0.0954. The van der Waals surface area contributed by atoms with Gasteiger partial charge in [0, 0.05) is 32.9 Å². The van der Waals surface area contributed by atoms with E-state index in [1.54, 1.807) is 0 Å². The lowest BCUT2D eigenvalue weighted by Crippen LogP contribution is -2.93. The van der Waals surface area contributed by atoms with Crippen LogP contribution in [0.4, 0.5) is 0 Å². The topological polar surface area (TPSA) is 9.86 Å². The van der Waals surface area contributed by atoms with Crippen molar-refractivity contribution in [3.8, 4) is 11.4 Å². The molecule has 15 aromatic rings. The molecule has 1 aliphatic heterocycles. The third kappa shape index (κ3) is 7.19. The van der Waals surface area contributed by atoms with Crippen LogP contribution in [0.5, 0.6) is 0 Å². The van der Waals surface area contributed by atoms with Crippen LogP contribution < -0.4 is 62.2 Å². The van der Waals surface area contributed by atoms with Gasteiger partial charge in [0.25, 0.3) is 0 Å². The van der Waals surface area contributed by atoms with Gasteiger partial charge in [0.2, 0.25) is 0 Å². The number of benzene rings is 13. The molecule has 0 N–H and O–H groups in total. The summed E-state index contributed by atoms with van der Waals surface area (Å²) in [5, 5.41) is 21.8. The van der Waals surface area contributed by atoms with Gasteiger partial charge in [0.15, 0.2) is 24.2 Å². The van der Waals surface area contributed by atoms with Gasteiger partial charge in [-0.3, -0.25) is 0 Å². The summed E-state index contributed by atoms with van der Waals surface area (Å²) in [6.07, 6.45) is 0. The Hall–Kier alpha value is -9.89. The second-order valence-corrected chi connectivity index (χ2v) is 33.5. The third-order valence-corrected chi connectivity index (χ3v) is 33.3. The Bertz CT molecular complexity index is 4720. The number of rotatable bonds is 10. The summed E-state index contributed by atoms with van der Waals surface area (Å²) in [6.45, 7) is 0. The predicted molar refractivity (Wildman–Crippen MR) is 360 cm³/mol. The van der Waals surface area contributed by atoms with Crippen LogP contribution in [0.1, 0.15) is 0 Å². The van der Waals surface area contributed by atoms with Crippen molar-refractivity contribution in [2.45, 2.75) is 0 Å². The molecule has 390 valence electrons. The van der Waals surface area contributed by atoms with Crippen molar-refractivity contribution in [3.05, 3.63) is 340 Å². The van der Waals surface area contributed by atoms with E-state index in [1.165, 1.54) is 106 Å². The molecule has 5 heteroatoms. The maximum absolute atomic E-state index is 3.11. The first-order valence-electron chi connectivity index (χ1n) is 28.9. The SMILES string of the molecule is c1ccc([Si](c2ccccc2)(c2ccccc2)c2cccc(-n3c4ccccc4c4ccc(-n5c6ccccc6c6ccc([Si]7(c8ccccc8)c8ccccc8[Si](c8ccccc8)(c8ccccc8)c8ccccc87)cc65)cc43)c2)cc1. The fourth-order valence-corrected chi connectivity index (χ4v) is 31.9. The average Bonchev–Trinajstić information content (AvgIpc) is 1.97. The minimum absolute atomic E-state index is 1.13. The molecule has 2 nitrogen and oxygen atoms in total. The predicted octanol–water partition coefficient (Wildman–Crippen LogP) is 10.3. The van der Waals surface area contributed by atoms with Crippen molar-refractivity contribution in [3.63, 3.8) is 0 Å². The van der Waals surface area contributed by atoms with Gasteiger partial charge in [-0.05, 0) is 105 Å². The van der Waals surface area contributed by atoms with E-state index >= 15 is 0 Å². The molecular weight excluding hydrogens is 1050 g/mol. The normalized spacial score (nSPS) is 13.5. The summed E-state index contributed by atoms with van der Waals surface area (Å²) in [5.74, 6) is 0. The minimum Gasteiger partial charge on any atom is -0.309 e. The molecule has 13 aromatic carbocycles. The fraction of sp³-hybridized carbons (Fsp3) is 0. The Morgan fingerprint density at radius 2 is 0.530 bits per heavy atom. The van der Waals surface area contributed by atoms with E-state index in [9.17, 15) is 0 Å². The van der Waals surface area contributed by atoms with E-state index in [0.29, 0.717) is 0 Å². The summed E-state index contributed by atoms with van der Waals surface area (Å²) in [6, 6.07) is 130. The molecule has 0 aliphatic carbocycles. The Morgan fingerprint density at radius 1 is 0.205 bits per heavy atom. The molecule has 2 aromatic heterocycles. The summed E-state index contributed by atoms with van der Waals surface area (Å²) < 4.78 is 5.09. The van der Waals surface area contributed by atoms with Crippen LogP contribution >= 0.6 is 0 Å². The first-order chi connectivity index (χ1) is 41.2. The van der Waals surface area contributed by atoms with Crippen molar-refractivity contribution < 1.29 is 0 Å². The molecule has 16 rings (SSSR count). The molecular formula is C78H56N2Si3. The summed E-state index contributed by atoms with van der Waals surface area (Å²) in [7, 11) is -8.84. The fourth-order valence-electron chi connectivity index (χ4n) is 15.0. The molecule has 0 bridgehead atoms. The summed E-state index contributed by atoms with van der Waals surface area (Å²) in [5.41, 5.74) is 7.02. The lowest BCUT2D eigenvalue weighted by Gasteiger charge is -2.48. The highest BCUT2D eigenvalue weighted by atomic mass is 28.3. The zero-order valence-corrected chi connectivity index (χ0v) is 48.7. The van der Waals surface area contributed by atoms with Gasteiger partial charge < -0.3 is 9.13 Å². The Morgan fingerprint density at radius 3 is 0.976 bits per heavy atom. The van der Waals surface area contributed by atoms with Gasteiger partial charge in [-0.2, -0.15) is 0 Å². The lowest BCUT2D eigenvalue weighted by molar-refractivity contribution is 1.16. The molecule has 3 heterocycles. The van der Waals surface area contributed by atoms with Crippen molar-refractivity contribution in [2.24, 2.45) is 0 Å². The van der Waals surface area contributed by atoms with E-state index in [0.717, 1.165) is 11.4 Å². The molecule has 0 fully saturated rings. The average molecular weight is 1110 g/mol. The molecule has 0 unspecified atom stereocenters. The van der Waals surface area contributed by atoms with E-state index in [-0.39, 0.29) is 0 Å². The highest BCUT2D eigenvalue weighted by molar-refractivity contribution is 7.33. The van der Waals surface area contributed by atoms with Crippen molar-refractivity contribution in [1.29, 1.82) is 0 Å². The molecule has 0 amide bonds. The van der Waals surface area contributed by atoms with Crippen LogP contribution in [-0.4, -0.2) is 33.4 Å². The molecule has 83 heavy (non-hydrogen) atoms. The van der Waals surface area contributed by atoms with Crippen LogP contribution in [0.25, 0.3) is 55.0 Å². The third-order valence-electron chi connectivity index (χ3n) is 18.3. The van der Waals surface area contributed by atoms with Gasteiger partial charge in [-0.25, -0.2) is 0 Å². The molecule has 0 spiro atoms. The second-order valence-electron chi connectivity index (χ2n) is 22.2. The van der Waals surface area contributed by atoms with E-state index in [2.05, 4.69) is 349 Å². The molecule has 1 aliphatic rings. The zero-order chi connectivity index (χ0) is 55.0. The molecule has 0 atom stereocenters. The Labute approximate surface area is 487 Å². The van der Waals surface area contributed by atoms with Crippen molar-refractivity contribution in [2.75, 3.05) is 0 Å². The van der Waals surface area contributed by atoms with Gasteiger partial charge >= 0.3 is 0 Å². The minimum atomic E-state index is -3.11. The summed E-state index contributed by atoms with van der Waals surface area (Å²) in [4.78, 5) is 0. The Kier molecular flexibility index (Phi) is 11.6. The van der Waals surface area contributed by atoms with Crippen molar-refractivity contribution >= 4 is 130 Å². The highest BCUT2D eigenvalue weighted by Gasteiger charge is 2.56. The van der Waals surface area contributed by atoms with Crippen LogP contribution in [0, 0.1) is 0 Å². The van der Waals surface area contributed by atoms with Crippen molar-refractivity contribution in [1.82, 2.24) is 9.13 Å². The second kappa shape index (κ2) is 19.7. The number of hydrogen-bond donors (Lipinski definition) is 0.